The average molecular weight is 752 g/mol. The van der Waals surface area contributed by atoms with Gasteiger partial charge in [-0.05, 0) is 99.2 Å². The zero-order valence-electron chi connectivity index (χ0n) is 24.8. The number of benzene rings is 3. The molecule has 4 amide bonds. The van der Waals surface area contributed by atoms with Crippen LogP contribution in [0.5, 0.6) is 5.75 Å². The number of amides is 4. The van der Waals surface area contributed by atoms with Crippen molar-refractivity contribution in [3.63, 3.8) is 0 Å². The molecule has 0 saturated carbocycles. The summed E-state index contributed by atoms with van der Waals surface area (Å²) in [5.41, 5.74) is 9.08. The molecule has 1 saturated heterocycles. The largest absolute Gasteiger partial charge is 0.484 e. The summed E-state index contributed by atoms with van der Waals surface area (Å²) in [5, 5.41) is 14.7. The van der Waals surface area contributed by atoms with E-state index in [4.69, 9.17) is 15.7 Å². The first kappa shape index (κ1) is 33.0. The number of para-hydroxylation sites is 1. The molecule has 3 aromatic carbocycles. The van der Waals surface area contributed by atoms with Crippen molar-refractivity contribution in [2.24, 2.45) is 0 Å². The standard InChI is InChI=1S/C33H32Br2N6O5/c34-25-15-22(16-26(35)31(25)37)29(42)17-28(38-30(43)19-46-24-7-5-20(18-36)6-8-24)32(44)40-12-10-23(11-13-40)41-14-9-21-3-1-2-4-27(21)39-33(41)45/h1-8,15-16,23,28H,9-14,17,19,37H2,(H,38,43)(H,39,45)/t28-/m0/s1. The number of hydrogen-bond donors (Lipinski definition) is 3. The van der Waals surface area contributed by atoms with Crippen LogP contribution in [-0.2, 0) is 16.0 Å². The highest BCUT2D eigenvalue weighted by Gasteiger charge is 2.35. The lowest BCUT2D eigenvalue weighted by molar-refractivity contribution is -0.138. The van der Waals surface area contributed by atoms with Gasteiger partial charge in [0, 0.05) is 52.3 Å². The minimum absolute atomic E-state index is 0.0571. The van der Waals surface area contributed by atoms with Gasteiger partial charge in [0.2, 0.25) is 5.91 Å². The quantitative estimate of drug-likeness (QED) is 0.208. The monoisotopic (exact) mass is 750 g/mol. The van der Waals surface area contributed by atoms with Gasteiger partial charge in [-0.3, -0.25) is 14.4 Å². The van der Waals surface area contributed by atoms with Gasteiger partial charge in [0.05, 0.1) is 17.3 Å². The third-order valence-corrected chi connectivity index (χ3v) is 9.45. The van der Waals surface area contributed by atoms with Gasteiger partial charge >= 0.3 is 6.03 Å². The van der Waals surface area contributed by atoms with Gasteiger partial charge in [0.15, 0.2) is 12.4 Å². The van der Waals surface area contributed by atoms with Gasteiger partial charge in [0.25, 0.3) is 5.91 Å². The van der Waals surface area contributed by atoms with E-state index in [-0.39, 0.29) is 30.2 Å². The van der Waals surface area contributed by atoms with Gasteiger partial charge in [-0.25, -0.2) is 4.79 Å². The number of anilines is 2. The zero-order valence-corrected chi connectivity index (χ0v) is 28.0. The van der Waals surface area contributed by atoms with Gasteiger partial charge in [-0.15, -0.1) is 0 Å². The third kappa shape index (κ3) is 7.86. The molecule has 5 rings (SSSR count). The number of Topliss-reactive ketones (excluding diaryl/α,β-unsaturated/α-hetero) is 1. The van der Waals surface area contributed by atoms with Crippen LogP contribution in [-0.4, -0.2) is 71.8 Å². The van der Waals surface area contributed by atoms with Crippen molar-refractivity contribution < 1.29 is 23.9 Å². The molecule has 1 atom stereocenters. The summed E-state index contributed by atoms with van der Waals surface area (Å²) in [5.74, 6) is -0.943. The van der Waals surface area contributed by atoms with E-state index in [2.05, 4.69) is 42.5 Å². The molecule has 4 N–H and O–H groups in total. The van der Waals surface area contributed by atoms with Gasteiger partial charge < -0.3 is 30.9 Å². The smallest absolute Gasteiger partial charge is 0.322 e. The molecule has 2 aliphatic heterocycles. The van der Waals surface area contributed by atoms with Crippen LogP contribution >= 0.6 is 31.9 Å². The van der Waals surface area contributed by atoms with E-state index in [0.29, 0.717) is 64.0 Å². The SMILES string of the molecule is N#Cc1ccc(OCC(=O)N[C@@H](CC(=O)c2cc(Br)c(N)c(Br)c2)C(=O)N2CCC(N3CCc4ccccc4NC3=O)CC2)cc1. The Labute approximate surface area is 283 Å². The fraction of sp³-hybridized carbons (Fsp3) is 0.303. The molecule has 13 heteroatoms. The number of nitrogens with zero attached hydrogens (tertiary/aromatic N) is 3. The number of rotatable bonds is 9. The Morgan fingerprint density at radius 3 is 2.39 bits per heavy atom. The van der Waals surface area contributed by atoms with Gasteiger partial charge in [-0.1, -0.05) is 18.2 Å². The number of piperidine rings is 1. The molecule has 0 spiro atoms. The Morgan fingerprint density at radius 1 is 1.04 bits per heavy atom. The fourth-order valence-electron chi connectivity index (χ4n) is 5.62. The van der Waals surface area contributed by atoms with Crippen LogP contribution in [0.2, 0.25) is 0 Å². The first-order valence-corrected chi connectivity index (χ1v) is 16.4. The normalized spacial score (nSPS) is 15.5. The lowest BCUT2D eigenvalue weighted by Crippen LogP contribution is -2.55. The molecule has 0 bridgehead atoms. The number of ketones is 1. The van der Waals surface area contributed by atoms with E-state index in [0.717, 1.165) is 17.7 Å². The molecule has 46 heavy (non-hydrogen) atoms. The number of hydrogen-bond acceptors (Lipinski definition) is 7. The molecule has 0 radical (unpaired) electrons. The lowest BCUT2D eigenvalue weighted by atomic mass is 9.99. The zero-order chi connectivity index (χ0) is 32.8. The van der Waals surface area contributed by atoms with Crippen LogP contribution in [0.25, 0.3) is 0 Å². The van der Waals surface area contributed by atoms with Crippen LogP contribution in [0.1, 0.15) is 40.7 Å². The second kappa shape index (κ2) is 14.8. The minimum Gasteiger partial charge on any atom is -0.484 e. The second-order valence-electron chi connectivity index (χ2n) is 11.1. The molecular weight excluding hydrogens is 720 g/mol. The number of urea groups is 1. The van der Waals surface area contributed by atoms with E-state index >= 15 is 0 Å². The Morgan fingerprint density at radius 2 is 1.72 bits per heavy atom. The predicted octanol–water partition coefficient (Wildman–Crippen LogP) is 4.88. The van der Waals surface area contributed by atoms with Crippen LogP contribution in [0.4, 0.5) is 16.2 Å². The number of ether oxygens (including phenoxy) is 1. The number of halogens is 2. The number of carbonyl (C=O) groups excluding carboxylic acids is 4. The molecule has 2 heterocycles. The first-order valence-electron chi connectivity index (χ1n) is 14.8. The van der Waals surface area contributed by atoms with E-state index in [1.165, 1.54) is 0 Å². The van der Waals surface area contributed by atoms with Crippen LogP contribution in [0, 0.1) is 11.3 Å². The Kier molecular flexibility index (Phi) is 10.6. The van der Waals surface area contributed by atoms with Crippen LogP contribution in [0.3, 0.4) is 0 Å². The molecule has 3 aromatic rings. The predicted molar refractivity (Wildman–Crippen MR) is 179 cm³/mol. The summed E-state index contributed by atoms with van der Waals surface area (Å²) < 4.78 is 6.60. The summed E-state index contributed by atoms with van der Waals surface area (Å²) >= 11 is 6.70. The van der Waals surface area contributed by atoms with Crippen molar-refractivity contribution in [2.45, 2.75) is 37.8 Å². The molecule has 0 aliphatic carbocycles. The van der Waals surface area contributed by atoms with Gasteiger partial charge in [0.1, 0.15) is 11.8 Å². The number of likely N-dealkylation sites (tertiary alicyclic amines) is 1. The average Bonchev–Trinajstić information content (AvgIpc) is 3.23. The fourth-order valence-corrected chi connectivity index (χ4v) is 6.80. The summed E-state index contributed by atoms with van der Waals surface area (Å²) in [6.07, 6.45) is 1.57. The van der Waals surface area contributed by atoms with E-state index < -0.39 is 18.6 Å². The van der Waals surface area contributed by atoms with Crippen molar-refractivity contribution >= 4 is 66.9 Å². The maximum absolute atomic E-state index is 13.8. The lowest BCUT2D eigenvalue weighted by Gasteiger charge is -2.39. The third-order valence-electron chi connectivity index (χ3n) is 8.14. The molecule has 0 aromatic heterocycles. The number of carbonyl (C=O) groups is 4. The maximum Gasteiger partial charge on any atom is 0.322 e. The highest BCUT2D eigenvalue weighted by atomic mass is 79.9. The Balaban J connectivity index is 1.25. The first-order chi connectivity index (χ1) is 22.1. The van der Waals surface area contributed by atoms with Crippen molar-refractivity contribution in [1.29, 1.82) is 5.26 Å². The second-order valence-corrected chi connectivity index (χ2v) is 12.8. The highest BCUT2D eigenvalue weighted by molar-refractivity contribution is 9.11. The molecule has 0 unspecified atom stereocenters. The van der Waals surface area contributed by atoms with Crippen molar-refractivity contribution in [2.75, 3.05) is 37.3 Å². The minimum atomic E-state index is -1.15. The molecule has 2 aliphatic rings. The van der Waals surface area contributed by atoms with E-state index in [1.54, 1.807) is 41.3 Å². The van der Waals surface area contributed by atoms with Crippen molar-refractivity contribution in [1.82, 2.24) is 15.1 Å². The van der Waals surface area contributed by atoms with Crippen LogP contribution in [0.15, 0.2) is 69.6 Å². The van der Waals surface area contributed by atoms with E-state index in [9.17, 15) is 19.2 Å². The number of nitrogens with one attached hydrogen (secondary N) is 2. The Hall–Kier alpha value is -4.41. The van der Waals surface area contributed by atoms with Crippen LogP contribution < -0.4 is 21.1 Å². The van der Waals surface area contributed by atoms with E-state index in [1.807, 2.05) is 35.2 Å². The number of fused-ring (bicyclic) bond motifs is 1. The summed E-state index contributed by atoms with van der Waals surface area (Å²) in [6.45, 7) is 0.904. The summed E-state index contributed by atoms with van der Waals surface area (Å²) in [4.78, 5) is 56.7. The molecular formula is C33H32Br2N6O5. The maximum atomic E-state index is 13.8. The summed E-state index contributed by atoms with van der Waals surface area (Å²) in [6, 6.07) is 17.8. The Bertz CT molecular complexity index is 1660. The van der Waals surface area contributed by atoms with Crippen molar-refractivity contribution in [3.8, 4) is 11.8 Å². The molecule has 11 nitrogen and oxygen atoms in total. The molecule has 238 valence electrons. The highest BCUT2D eigenvalue weighted by Crippen LogP contribution is 2.30. The van der Waals surface area contributed by atoms with Gasteiger partial charge in [-0.2, -0.15) is 5.26 Å². The molecule has 1 fully saturated rings. The summed E-state index contributed by atoms with van der Waals surface area (Å²) in [7, 11) is 0. The number of nitrogen functional groups attached to an aromatic ring is 1. The topological polar surface area (TPSA) is 158 Å². The van der Waals surface area contributed by atoms with Crippen molar-refractivity contribution in [3.05, 3.63) is 86.3 Å². The number of nitrogens with two attached hydrogens (primary N) is 1. The number of nitriles is 1.